The van der Waals surface area contributed by atoms with E-state index in [2.05, 4.69) is 0 Å². The number of hydrogen-bond acceptors (Lipinski definition) is 7. The summed E-state index contributed by atoms with van der Waals surface area (Å²) in [7, 11) is 0. The van der Waals surface area contributed by atoms with E-state index >= 15 is 0 Å². The van der Waals surface area contributed by atoms with Gasteiger partial charge in [0.15, 0.2) is 28.2 Å². The first-order valence-corrected chi connectivity index (χ1v) is 11.1. The first-order valence-electron chi connectivity index (χ1n) is 10.1. The van der Waals surface area contributed by atoms with Gasteiger partial charge < -0.3 is 18.9 Å². The first-order chi connectivity index (χ1) is 15.7. The molecular weight excluding hydrogens is 428 g/mol. The van der Waals surface area contributed by atoms with Crippen LogP contribution in [-0.4, -0.2) is 23.1 Å². The molecule has 3 heterocycles. The fourth-order valence-electron chi connectivity index (χ4n) is 3.80. The van der Waals surface area contributed by atoms with Crippen molar-refractivity contribution in [3.63, 3.8) is 0 Å². The molecule has 1 aromatic heterocycles. The van der Waals surface area contributed by atoms with Gasteiger partial charge in [0, 0.05) is 5.75 Å². The Morgan fingerprint density at radius 1 is 0.812 bits per heavy atom. The van der Waals surface area contributed by atoms with Crippen molar-refractivity contribution in [3.05, 3.63) is 82.1 Å². The molecule has 0 saturated carbocycles. The van der Waals surface area contributed by atoms with Gasteiger partial charge in [-0.1, -0.05) is 36.0 Å². The predicted octanol–water partition coefficient (Wildman–Crippen LogP) is 4.19. The number of ether oxygens (including phenoxy) is 4. The van der Waals surface area contributed by atoms with Gasteiger partial charge >= 0.3 is 0 Å². The van der Waals surface area contributed by atoms with Crippen LogP contribution < -0.4 is 24.5 Å². The van der Waals surface area contributed by atoms with Crippen LogP contribution in [0.4, 0.5) is 0 Å². The van der Waals surface area contributed by atoms with Gasteiger partial charge in [-0.2, -0.15) is 0 Å². The van der Waals surface area contributed by atoms with Crippen LogP contribution >= 0.6 is 11.8 Å². The smallest absolute Gasteiger partial charge is 0.262 e. The van der Waals surface area contributed by atoms with Crippen LogP contribution in [0.2, 0.25) is 0 Å². The molecule has 0 aliphatic carbocycles. The third-order valence-electron chi connectivity index (χ3n) is 5.41. The minimum Gasteiger partial charge on any atom is -0.454 e. The molecule has 0 atom stereocenters. The van der Waals surface area contributed by atoms with Gasteiger partial charge in [-0.15, -0.1) is 0 Å². The number of rotatable bonds is 5. The van der Waals surface area contributed by atoms with Crippen molar-refractivity contribution < 1.29 is 18.9 Å². The maximum Gasteiger partial charge on any atom is 0.262 e. The van der Waals surface area contributed by atoms with Crippen molar-refractivity contribution in [1.82, 2.24) is 9.55 Å². The molecule has 0 radical (unpaired) electrons. The molecule has 2 aliphatic heterocycles. The molecule has 2 aliphatic rings. The topological polar surface area (TPSA) is 71.8 Å². The van der Waals surface area contributed by atoms with Crippen molar-refractivity contribution in [2.45, 2.75) is 17.5 Å². The van der Waals surface area contributed by atoms with Crippen LogP contribution in [0, 0.1) is 0 Å². The molecule has 0 bridgehead atoms. The van der Waals surface area contributed by atoms with Gasteiger partial charge in [0.25, 0.3) is 5.56 Å². The Kier molecular flexibility index (Phi) is 4.65. The zero-order valence-electron chi connectivity index (χ0n) is 16.9. The fraction of sp³-hybridized carbons (Fsp3) is 0.167. The van der Waals surface area contributed by atoms with Crippen LogP contribution in [0.25, 0.3) is 10.9 Å². The Hall–Kier alpha value is -3.65. The fourth-order valence-corrected chi connectivity index (χ4v) is 4.74. The summed E-state index contributed by atoms with van der Waals surface area (Å²) in [5, 5.41) is 1.25. The number of nitrogens with zero attached hydrogens (tertiary/aromatic N) is 2. The molecule has 7 nitrogen and oxygen atoms in total. The molecule has 160 valence electrons. The summed E-state index contributed by atoms with van der Waals surface area (Å²) in [4.78, 5) is 18.2. The zero-order chi connectivity index (χ0) is 21.5. The van der Waals surface area contributed by atoms with Gasteiger partial charge in [0.1, 0.15) is 0 Å². The van der Waals surface area contributed by atoms with E-state index in [0.717, 1.165) is 28.4 Å². The van der Waals surface area contributed by atoms with Crippen molar-refractivity contribution in [2.24, 2.45) is 0 Å². The highest BCUT2D eigenvalue weighted by Gasteiger charge is 2.17. The first kappa shape index (κ1) is 19.1. The zero-order valence-corrected chi connectivity index (χ0v) is 17.8. The molecule has 0 unspecified atom stereocenters. The van der Waals surface area contributed by atoms with Crippen molar-refractivity contribution in [2.75, 3.05) is 13.6 Å². The average molecular weight is 446 g/mol. The van der Waals surface area contributed by atoms with Crippen LogP contribution in [0.15, 0.2) is 70.6 Å². The number of para-hydroxylation sites is 1. The SMILES string of the molecule is O=c1c2ccccc2nc(SCc2ccc3c(c2)OCO3)n1Cc1ccc2c(c1)OCO2. The van der Waals surface area contributed by atoms with E-state index in [4.69, 9.17) is 23.9 Å². The van der Waals surface area contributed by atoms with E-state index in [-0.39, 0.29) is 19.1 Å². The second-order valence-electron chi connectivity index (χ2n) is 7.47. The van der Waals surface area contributed by atoms with Gasteiger partial charge in [0.05, 0.1) is 17.4 Å². The van der Waals surface area contributed by atoms with E-state index in [1.165, 1.54) is 11.8 Å². The quantitative estimate of drug-likeness (QED) is 0.336. The van der Waals surface area contributed by atoms with Crippen LogP contribution in [0.5, 0.6) is 23.0 Å². The number of thioether (sulfide) groups is 1. The van der Waals surface area contributed by atoms with Gasteiger partial charge in [-0.3, -0.25) is 9.36 Å². The summed E-state index contributed by atoms with van der Waals surface area (Å²) in [5.41, 5.74) is 2.63. The van der Waals surface area contributed by atoms with Crippen LogP contribution in [-0.2, 0) is 12.3 Å². The van der Waals surface area contributed by atoms with E-state index in [9.17, 15) is 4.79 Å². The standard InChI is InChI=1S/C24H18N2O5S/c27-23-17-3-1-2-4-18(17)25-24(32-12-16-6-8-20-22(10-16)31-14-29-20)26(23)11-15-5-7-19-21(9-15)30-13-28-19/h1-10H,11-14H2. The van der Waals surface area contributed by atoms with Gasteiger partial charge in [-0.05, 0) is 47.5 Å². The van der Waals surface area contributed by atoms with Crippen LogP contribution in [0.1, 0.15) is 11.1 Å². The van der Waals surface area contributed by atoms with Crippen molar-refractivity contribution in [1.29, 1.82) is 0 Å². The Morgan fingerprint density at radius 2 is 1.47 bits per heavy atom. The summed E-state index contributed by atoms with van der Waals surface area (Å²) in [5.74, 6) is 3.55. The van der Waals surface area contributed by atoms with Crippen molar-refractivity contribution >= 4 is 22.7 Å². The lowest BCUT2D eigenvalue weighted by atomic mass is 10.2. The Bertz CT molecular complexity index is 1400. The van der Waals surface area contributed by atoms with Crippen molar-refractivity contribution in [3.8, 4) is 23.0 Å². The van der Waals surface area contributed by atoms with E-state index < -0.39 is 0 Å². The molecule has 3 aromatic carbocycles. The minimum atomic E-state index is -0.0681. The molecule has 6 rings (SSSR count). The maximum absolute atomic E-state index is 13.4. The summed E-state index contributed by atoms with van der Waals surface area (Å²) >= 11 is 1.52. The monoisotopic (exact) mass is 446 g/mol. The number of benzene rings is 3. The average Bonchev–Trinajstić information content (AvgIpc) is 3.48. The summed E-state index contributed by atoms with van der Waals surface area (Å²) < 4.78 is 23.5. The number of fused-ring (bicyclic) bond motifs is 3. The summed E-state index contributed by atoms with van der Waals surface area (Å²) in [6, 6.07) is 19.0. The molecule has 4 aromatic rings. The Balaban J connectivity index is 1.36. The van der Waals surface area contributed by atoms with Crippen LogP contribution in [0.3, 0.4) is 0 Å². The lowest BCUT2D eigenvalue weighted by molar-refractivity contribution is 0.173. The number of hydrogen-bond donors (Lipinski definition) is 0. The highest BCUT2D eigenvalue weighted by atomic mass is 32.2. The van der Waals surface area contributed by atoms with Gasteiger partial charge in [-0.25, -0.2) is 4.98 Å². The minimum absolute atomic E-state index is 0.0681. The summed E-state index contributed by atoms with van der Waals surface area (Å²) in [6.45, 7) is 0.844. The number of aromatic nitrogens is 2. The molecule has 0 amide bonds. The highest BCUT2D eigenvalue weighted by molar-refractivity contribution is 7.98. The lowest BCUT2D eigenvalue weighted by Crippen LogP contribution is -2.24. The normalized spacial score (nSPS) is 13.6. The van der Waals surface area contributed by atoms with E-state index in [1.807, 2.05) is 60.7 Å². The second kappa shape index (κ2) is 7.80. The molecule has 0 N–H and O–H groups in total. The van der Waals surface area contributed by atoms with Gasteiger partial charge in [0.2, 0.25) is 13.6 Å². The molecule has 0 saturated heterocycles. The Labute approximate surface area is 187 Å². The summed E-state index contributed by atoms with van der Waals surface area (Å²) in [6.07, 6.45) is 0. The second-order valence-corrected chi connectivity index (χ2v) is 8.41. The third kappa shape index (κ3) is 3.42. The van der Waals surface area contributed by atoms with E-state index in [1.54, 1.807) is 4.57 Å². The maximum atomic E-state index is 13.4. The highest BCUT2D eigenvalue weighted by Crippen LogP contribution is 2.35. The Morgan fingerprint density at radius 3 is 2.25 bits per heavy atom. The molecular formula is C24H18N2O5S. The molecule has 0 spiro atoms. The third-order valence-corrected chi connectivity index (χ3v) is 6.46. The largest absolute Gasteiger partial charge is 0.454 e. The lowest BCUT2D eigenvalue weighted by Gasteiger charge is -2.14. The molecule has 8 heteroatoms. The van der Waals surface area contributed by atoms with E-state index in [0.29, 0.717) is 34.1 Å². The molecule has 0 fully saturated rings. The predicted molar refractivity (Wildman–Crippen MR) is 120 cm³/mol. The molecule has 32 heavy (non-hydrogen) atoms.